The Kier molecular flexibility index (Phi) is 4.30. The van der Waals surface area contributed by atoms with Gasteiger partial charge in [-0.25, -0.2) is 4.79 Å². The fourth-order valence-corrected chi connectivity index (χ4v) is 2.75. The summed E-state index contributed by atoms with van der Waals surface area (Å²) in [5, 5.41) is 6.79. The number of hydrogen-bond donors (Lipinski definition) is 1. The summed E-state index contributed by atoms with van der Waals surface area (Å²) in [4.78, 5) is 18.4. The second-order valence-electron chi connectivity index (χ2n) is 5.89. The predicted octanol–water partition coefficient (Wildman–Crippen LogP) is 3.36. The normalized spacial score (nSPS) is 14.1. The van der Waals surface area contributed by atoms with Gasteiger partial charge in [0.2, 0.25) is 11.7 Å². The Hall–Kier alpha value is -3.29. The minimum atomic E-state index is -0.181. The number of ether oxygens (including phenoxy) is 1. The number of likely N-dealkylation sites (tertiary alicyclic amines) is 1. The molecule has 4 rings (SSSR count). The molecule has 2 aromatic heterocycles. The van der Waals surface area contributed by atoms with Crippen molar-refractivity contribution in [3.63, 3.8) is 0 Å². The van der Waals surface area contributed by atoms with Crippen molar-refractivity contribution >= 4 is 11.7 Å². The van der Waals surface area contributed by atoms with Crippen molar-refractivity contribution in [3.05, 3.63) is 48.6 Å². The Morgan fingerprint density at radius 1 is 1.31 bits per heavy atom. The van der Waals surface area contributed by atoms with E-state index in [2.05, 4.69) is 15.5 Å². The minimum absolute atomic E-state index is 0.0269. The molecule has 1 saturated heterocycles. The summed E-state index contributed by atoms with van der Waals surface area (Å²) >= 11 is 0. The van der Waals surface area contributed by atoms with Crippen molar-refractivity contribution in [1.82, 2.24) is 15.0 Å². The number of carbonyl (C=O) groups excluding carboxylic acids is 1. The summed E-state index contributed by atoms with van der Waals surface area (Å²) in [6.07, 6.45) is 1.56. The van der Waals surface area contributed by atoms with Crippen LogP contribution in [0.3, 0.4) is 0 Å². The fourth-order valence-electron chi connectivity index (χ4n) is 2.75. The van der Waals surface area contributed by atoms with Gasteiger partial charge in [-0.05, 0) is 31.2 Å². The van der Waals surface area contributed by atoms with Crippen LogP contribution >= 0.6 is 0 Å². The monoisotopic (exact) mass is 354 g/mol. The van der Waals surface area contributed by atoms with E-state index in [9.17, 15) is 4.79 Å². The Labute approximate surface area is 149 Å². The number of aromatic nitrogens is 2. The lowest BCUT2D eigenvalue weighted by Crippen LogP contribution is -2.50. The molecular weight excluding hydrogens is 336 g/mol. The van der Waals surface area contributed by atoms with Gasteiger partial charge in [-0.3, -0.25) is 0 Å². The van der Waals surface area contributed by atoms with Gasteiger partial charge in [-0.2, -0.15) is 4.98 Å². The van der Waals surface area contributed by atoms with Gasteiger partial charge in [0.15, 0.2) is 5.76 Å². The molecule has 1 N–H and O–H groups in total. The first kappa shape index (κ1) is 16.2. The van der Waals surface area contributed by atoms with Crippen LogP contribution in [0.2, 0.25) is 0 Å². The maximum absolute atomic E-state index is 12.4. The molecule has 0 spiro atoms. The molecule has 0 bridgehead atoms. The molecule has 1 fully saturated rings. The maximum Gasteiger partial charge on any atom is 0.321 e. The van der Waals surface area contributed by atoms with Crippen molar-refractivity contribution in [2.75, 3.05) is 25.0 Å². The number of furan rings is 1. The van der Waals surface area contributed by atoms with Gasteiger partial charge in [0, 0.05) is 13.1 Å². The third-order valence-corrected chi connectivity index (χ3v) is 4.13. The van der Waals surface area contributed by atoms with Crippen molar-refractivity contribution in [2.45, 2.75) is 12.8 Å². The summed E-state index contributed by atoms with van der Waals surface area (Å²) < 4.78 is 16.1. The van der Waals surface area contributed by atoms with Gasteiger partial charge in [0.1, 0.15) is 5.75 Å². The molecule has 1 aromatic carbocycles. The number of nitrogens with one attached hydrogen (secondary N) is 1. The zero-order chi connectivity index (χ0) is 17.9. The lowest BCUT2D eigenvalue weighted by atomic mass is 10.0. The smallest absolute Gasteiger partial charge is 0.321 e. The molecule has 134 valence electrons. The first-order valence-electron chi connectivity index (χ1n) is 8.40. The summed E-state index contributed by atoms with van der Waals surface area (Å²) in [6, 6.07) is 10.7. The van der Waals surface area contributed by atoms with Crippen LogP contribution in [0.15, 0.2) is 51.6 Å². The van der Waals surface area contributed by atoms with Crippen LogP contribution in [0, 0.1) is 0 Å². The van der Waals surface area contributed by atoms with E-state index in [1.165, 1.54) is 0 Å². The van der Waals surface area contributed by atoms with Gasteiger partial charge in [0.25, 0.3) is 0 Å². The van der Waals surface area contributed by atoms with Crippen LogP contribution < -0.4 is 10.1 Å². The number of urea groups is 1. The van der Waals surface area contributed by atoms with Crippen LogP contribution in [0.4, 0.5) is 10.5 Å². The van der Waals surface area contributed by atoms with Crippen molar-refractivity contribution in [3.8, 4) is 17.3 Å². The molecule has 8 heteroatoms. The van der Waals surface area contributed by atoms with Gasteiger partial charge in [-0.15, -0.1) is 0 Å². The highest BCUT2D eigenvalue weighted by Gasteiger charge is 2.36. The number of carbonyl (C=O) groups is 1. The number of anilines is 1. The Morgan fingerprint density at radius 3 is 2.92 bits per heavy atom. The lowest BCUT2D eigenvalue weighted by Gasteiger charge is -2.36. The highest BCUT2D eigenvalue weighted by atomic mass is 16.5. The number of benzene rings is 1. The molecular formula is C18H18N4O4. The molecule has 0 atom stereocenters. The molecule has 0 radical (unpaired) electrons. The average Bonchev–Trinajstić information content (AvgIpc) is 3.26. The van der Waals surface area contributed by atoms with Gasteiger partial charge >= 0.3 is 6.03 Å². The third kappa shape index (κ3) is 3.13. The highest BCUT2D eigenvalue weighted by molar-refractivity contribution is 5.91. The zero-order valence-electron chi connectivity index (χ0n) is 14.2. The largest absolute Gasteiger partial charge is 0.492 e. The second kappa shape index (κ2) is 6.91. The molecule has 1 aliphatic heterocycles. The molecule has 0 unspecified atom stereocenters. The summed E-state index contributed by atoms with van der Waals surface area (Å²) in [6.45, 7) is 3.47. The molecule has 26 heavy (non-hydrogen) atoms. The van der Waals surface area contributed by atoms with Crippen LogP contribution in [0.1, 0.15) is 18.7 Å². The van der Waals surface area contributed by atoms with Crippen LogP contribution in [0.25, 0.3) is 11.6 Å². The molecule has 1 aliphatic rings. The summed E-state index contributed by atoms with van der Waals surface area (Å²) in [5.41, 5.74) is 0.653. The van der Waals surface area contributed by atoms with Crippen molar-refractivity contribution < 1.29 is 18.5 Å². The van der Waals surface area contributed by atoms with Crippen LogP contribution in [-0.4, -0.2) is 40.8 Å². The van der Waals surface area contributed by atoms with Gasteiger partial charge in [-0.1, -0.05) is 17.3 Å². The standard InChI is InChI=1S/C18H18N4O4/c1-2-24-14-7-4-3-6-13(14)19-18(23)22-10-12(11-22)17-20-16(21-26-17)15-8-5-9-25-15/h3-9,12H,2,10-11H2,1H3,(H,19,23). The van der Waals surface area contributed by atoms with Crippen molar-refractivity contribution in [2.24, 2.45) is 0 Å². The molecule has 0 aliphatic carbocycles. The van der Waals surface area contributed by atoms with E-state index in [1.54, 1.807) is 23.3 Å². The molecule has 8 nitrogen and oxygen atoms in total. The highest BCUT2D eigenvalue weighted by Crippen LogP contribution is 2.29. The summed E-state index contributed by atoms with van der Waals surface area (Å²) in [5.74, 6) is 2.16. The van der Waals surface area contributed by atoms with Crippen molar-refractivity contribution in [1.29, 1.82) is 0 Å². The first-order chi connectivity index (χ1) is 12.7. The lowest BCUT2D eigenvalue weighted by molar-refractivity contribution is 0.147. The SMILES string of the molecule is CCOc1ccccc1NC(=O)N1CC(c2nc(-c3ccco3)no2)C1. The Bertz CT molecular complexity index is 884. The number of nitrogens with zero attached hydrogens (tertiary/aromatic N) is 3. The molecule has 2 amide bonds. The van der Waals surface area contributed by atoms with E-state index in [1.807, 2.05) is 31.2 Å². The zero-order valence-corrected chi connectivity index (χ0v) is 14.2. The first-order valence-corrected chi connectivity index (χ1v) is 8.40. The van der Waals surface area contributed by atoms with E-state index < -0.39 is 0 Å². The molecule has 3 heterocycles. The Morgan fingerprint density at radius 2 is 2.15 bits per heavy atom. The number of hydrogen-bond acceptors (Lipinski definition) is 6. The maximum atomic E-state index is 12.4. The van der Waals surface area contributed by atoms with E-state index in [-0.39, 0.29) is 11.9 Å². The molecule has 3 aromatic rings. The van der Waals surface area contributed by atoms with E-state index in [4.69, 9.17) is 13.7 Å². The quantitative estimate of drug-likeness (QED) is 0.755. The van der Waals surface area contributed by atoms with Gasteiger partial charge < -0.3 is 23.9 Å². The molecule has 0 saturated carbocycles. The topological polar surface area (TPSA) is 93.6 Å². The second-order valence-corrected chi connectivity index (χ2v) is 5.89. The van der Waals surface area contributed by atoms with Gasteiger partial charge in [0.05, 0.1) is 24.5 Å². The predicted molar refractivity (Wildman–Crippen MR) is 92.9 cm³/mol. The Balaban J connectivity index is 1.35. The summed E-state index contributed by atoms with van der Waals surface area (Å²) in [7, 11) is 0. The number of rotatable bonds is 5. The van der Waals surface area contributed by atoms with Crippen LogP contribution in [-0.2, 0) is 0 Å². The fraction of sp³-hybridized carbons (Fsp3) is 0.278. The van der Waals surface area contributed by atoms with E-state index in [0.29, 0.717) is 48.6 Å². The van der Waals surface area contributed by atoms with Crippen LogP contribution in [0.5, 0.6) is 5.75 Å². The third-order valence-electron chi connectivity index (χ3n) is 4.13. The number of amides is 2. The number of para-hydroxylation sites is 2. The average molecular weight is 354 g/mol. The minimum Gasteiger partial charge on any atom is -0.492 e. The van der Waals surface area contributed by atoms with E-state index >= 15 is 0 Å². The van der Waals surface area contributed by atoms with E-state index in [0.717, 1.165) is 0 Å².